The van der Waals surface area contributed by atoms with Gasteiger partial charge in [-0.15, -0.1) is 12.6 Å². The number of rotatable bonds is 0. The Bertz CT molecular complexity index is 554. The van der Waals surface area contributed by atoms with Gasteiger partial charge in [0.2, 0.25) is 0 Å². The summed E-state index contributed by atoms with van der Waals surface area (Å²) >= 11 is 9.36. The Morgan fingerprint density at radius 2 is 2.18 bits per heavy atom. The minimum absolute atomic E-state index is 0.354. The number of hydrogen-bond acceptors (Lipinski definition) is 3. The standard InChI is InChI=1S/C11H15NO.C6H4ClFS/c1-2-4-10-8(3-1)9-5-6-12-7-11(9)13-10;7-4-1-5(8)3-6(9)2-4/h1-2,4,8-9,11-12H,3,5-7H2;1-3,9H. The summed E-state index contributed by atoms with van der Waals surface area (Å²) in [6.07, 6.45) is 9.45. The molecule has 0 radical (unpaired) electrons. The number of benzene rings is 1. The fourth-order valence-electron chi connectivity index (χ4n) is 3.29. The molecule has 0 saturated carbocycles. The molecule has 3 aliphatic rings. The van der Waals surface area contributed by atoms with Crippen molar-refractivity contribution in [3.05, 3.63) is 53.0 Å². The van der Waals surface area contributed by atoms with Crippen molar-refractivity contribution in [3.8, 4) is 0 Å². The molecule has 0 spiro atoms. The van der Waals surface area contributed by atoms with Crippen LogP contribution in [0.15, 0.2) is 47.1 Å². The summed E-state index contributed by atoms with van der Waals surface area (Å²) in [6, 6.07) is 4.12. The first-order valence-electron chi connectivity index (χ1n) is 7.52. The van der Waals surface area contributed by atoms with Crippen LogP contribution in [0.5, 0.6) is 0 Å². The summed E-state index contributed by atoms with van der Waals surface area (Å²) in [7, 11) is 0. The Morgan fingerprint density at radius 1 is 1.32 bits per heavy atom. The van der Waals surface area contributed by atoms with E-state index >= 15 is 0 Å². The summed E-state index contributed by atoms with van der Waals surface area (Å²) in [4.78, 5) is 0.542. The van der Waals surface area contributed by atoms with E-state index in [1.54, 1.807) is 6.07 Å². The van der Waals surface area contributed by atoms with E-state index in [4.69, 9.17) is 16.3 Å². The van der Waals surface area contributed by atoms with Gasteiger partial charge in [-0.1, -0.05) is 23.8 Å². The van der Waals surface area contributed by atoms with Gasteiger partial charge in [-0.3, -0.25) is 0 Å². The van der Waals surface area contributed by atoms with Crippen LogP contribution in [-0.4, -0.2) is 19.2 Å². The Balaban J connectivity index is 0.000000142. The second-order valence-electron chi connectivity index (χ2n) is 5.78. The van der Waals surface area contributed by atoms with Crippen molar-refractivity contribution in [1.29, 1.82) is 0 Å². The average Bonchev–Trinajstić information content (AvgIpc) is 2.85. The monoisotopic (exact) mass is 339 g/mol. The Kier molecular flexibility index (Phi) is 5.11. The lowest BCUT2D eigenvalue weighted by atomic mass is 9.81. The van der Waals surface area contributed by atoms with Crippen LogP contribution in [0.1, 0.15) is 12.8 Å². The van der Waals surface area contributed by atoms with Crippen LogP contribution in [-0.2, 0) is 4.74 Å². The van der Waals surface area contributed by atoms with Gasteiger partial charge in [-0.2, -0.15) is 0 Å². The zero-order valence-electron chi connectivity index (χ0n) is 12.1. The molecule has 0 bridgehead atoms. The highest BCUT2D eigenvalue weighted by Crippen LogP contribution is 2.42. The summed E-state index contributed by atoms with van der Waals surface area (Å²) in [5, 5.41) is 3.77. The van der Waals surface area contributed by atoms with Crippen molar-refractivity contribution in [1.82, 2.24) is 5.32 Å². The van der Waals surface area contributed by atoms with Gasteiger partial charge in [-0.05, 0) is 43.7 Å². The molecule has 0 aromatic heterocycles. The average molecular weight is 340 g/mol. The molecule has 1 N–H and O–H groups in total. The quantitative estimate of drug-likeness (QED) is 0.690. The number of allylic oxidation sites excluding steroid dienone is 4. The van der Waals surface area contributed by atoms with Crippen LogP contribution < -0.4 is 5.32 Å². The van der Waals surface area contributed by atoms with Crippen molar-refractivity contribution in [2.45, 2.75) is 23.8 Å². The lowest BCUT2D eigenvalue weighted by molar-refractivity contribution is 0.108. The topological polar surface area (TPSA) is 21.3 Å². The predicted octanol–water partition coefficient (Wildman–Crippen LogP) is 4.22. The van der Waals surface area contributed by atoms with Crippen LogP contribution >= 0.6 is 24.2 Å². The van der Waals surface area contributed by atoms with Crippen molar-refractivity contribution < 1.29 is 9.13 Å². The molecule has 4 rings (SSSR count). The zero-order valence-corrected chi connectivity index (χ0v) is 13.8. The SMILES string of the molecule is C1=CCC2C(=C1)OC1CNCCC12.Fc1cc(S)cc(Cl)c1. The molecular weight excluding hydrogens is 321 g/mol. The number of ether oxygens (including phenoxy) is 1. The van der Waals surface area contributed by atoms with Crippen LogP contribution in [0.25, 0.3) is 0 Å². The van der Waals surface area contributed by atoms with Gasteiger partial charge in [0.25, 0.3) is 0 Å². The lowest BCUT2D eigenvalue weighted by Crippen LogP contribution is -2.39. The van der Waals surface area contributed by atoms with E-state index in [0.29, 0.717) is 21.9 Å². The number of hydrogen-bond donors (Lipinski definition) is 2. The Hall–Kier alpha value is -0.970. The maximum absolute atomic E-state index is 12.3. The first kappa shape index (κ1) is 15.9. The molecule has 2 heterocycles. The van der Waals surface area contributed by atoms with E-state index in [-0.39, 0.29) is 5.82 Å². The molecule has 1 aromatic rings. The van der Waals surface area contributed by atoms with Crippen molar-refractivity contribution >= 4 is 24.2 Å². The van der Waals surface area contributed by atoms with E-state index < -0.39 is 0 Å². The van der Waals surface area contributed by atoms with Crippen molar-refractivity contribution in [3.63, 3.8) is 0 Å². The molecule has 1 aromatic carbocycles. The molecule has 2 saturated heterocycles. The normalized spacial score (nSPS) is 28.7. The van der Waals surface area contributed by atoms with Crippen molar-refractivity contribution in [2.75, 3.05) is 13.1 Å². The van der Waals surface area contributed by atoms with Crippen LogP contribution in [0.2, 0.25) is 5.02 Å². The Labute approximate surface area is 140 Å². The molecule has 22 heavy (non-hydrogen) atoms. The van der Waals surface area contributed by atoms with Gasteiger partial charge in [-0.25, -0.2) is 4.39 Å². The summed E-state index contributed by atoms with van der Waals surface area (Å²) < 4.78 is 18.2. The summed E-state index contributed by atoms with van der Waals surface area (Å²) in [6.45, 7) is 2.20. The van der Waals surface area contributed by atoms with Crippen LogP contribution in [0.4, 0.5) is 4.39 Å². The summed E-state index contributed by atoms with van der Waals surface area (Å²) in [5.74, 6) is 2.35. The molecule has 3 unspecified atom stereocenters. The van der Waals surface area contributed by atoms with E-state index in [2.05, 4.69) is 36.2 Å². The largest absolute Gasteiger partial charge is 0.493 e. The smallest absolute Gasteiger partial charge is 0.125 e. The highest BCUT2D eigenvalue weighted by Gasteiger charge is 2.42. The predicted molar refractivity (Wildman–Crippen MR) is 89.8 cm³/mol. The lowest BCUT2D eigenvalue weighted by Gasteiger charge is -2.26. The molecule has 1 aliphatic carbocycles. The number of fused-ring (bicyclic) bond motifs is 3. The fourth-order valence-corrected chi connectivity index (χ4v) is 3.85. The maximum Gasteiger partial charge on any atom is 0.125 e. The Morgan fingerprint density at radius 3 is 2.95 bits per heavy atom. The molecule has 5 heteroatoms. The number of nitrogens with one attached hydrogen (secondary N) is 1. The van der Waals surface area contributed by atoms with E-state index in [1.807, 2.05) is 0 Å². The minimum Gasteiger partial charge on any atom is -0.493 e. The third kappa shape index (κ3) is 3.67. The fraction of sp³-hybridized carbons (Fsp3) is 0.412. The third-order valence-electron chi connectivity index (χ3n) is 4.28. The third-order valence-corrected chi connectivity index (χ3v) is 4.76. The van der Waals surface area contributed by atoms with Crippen LogP contribution in [0, 0.1) is 17.7 Å². The maximum atomic E-state index is 12.3. The zero-order chi connectivity index (χ0) is 15.5. The molecule has 2 nitrogen and oxygen atoms in total. The minimum atomic E-state index is -0.354. The van der Waals surface area contributed by atoms with Gasteiger partial charge in [0, 0.05) is 28.3 Å². The summed E-state index contributed by atoms with van der Waals surface area (Å²) in [5.41, 5.74) is 0. The molecule has 2 fully saturated rings. The van der Waals surface area contributed by atoms with Gasteiger partial charge < -0.3 is 10.1 Å². The van der Waals surface area contributed by atoms with Crippen molar-refractivity contribution in [2.24, 2.45) is 11.8 Å². The number of thiol groups is 1. The first-order valence-corrected chi connectivity index (χ1v) is 8.35. The molecule has 2 aliphatic heterocycles. The van der Waals surface area contributed by atoms with Crippen LogP contribution in [0.3, 0.4) is 0 Å². The number of halogens is 2. The van der Waals surface area contributed by atoms with Gasteiger partial charge >= 0.3 is 0 Å². The highest BCUT2D eigenvalue weighted by atomic mass is 35.5. The second kappa shape index (κ2) is 7.07. The number of piperidine rings is 1. The molecule has 0 amide bonds. The molecule has 3 atom stereocenters. The molecule has 118 valence electrons. The van der Waals surface area contributed by atoms with Gasteiger partial charge in [0.1, 0.15) is 17.7 Å². The van der Waals surface area contributed by atoms with Gasteiger partial charge in [0.15, 0.2) is 0 Å². The van der Waals surface area contributed by atoms with E-state index in [9.17, 15) is 4.39 Å². The second-order valence-corrected chi connectivity index (χ2v) is 6.73. The van der Waals surface area contributed by atoms with E-state index in [0.717, 1.165) is 19.0 Å². The van der Waals surface area contributed by atoms with E-state index in [1.165, 1.54) is 30.7 Å². The first-order chi connectivity index (χ1) is 10.6. The van der Waals surface area contributed by atoms with Gasteiger partial charge in [0.05, 0.1) is 0 Å². The highest BCUT2D eigenvalue weighted by molar-refractivity contribution is 7.80. The molecular formula is C17H19ClFNOS.